The zero-order chi connectivity index (χ0) is 16.4. The molecule has 2 rings (SSSR count). The highest BCUT2D eigenvalue weighted by atomic mass is 32.2. The number of halogens is 4. The molecule has 0 N–H and O–H groups in total. The summed E-state index contributed by atoms with van der Waals surface area (Å²) in [5.41, 5.74) is -4.42. The monoisotopic (exact) mass is 335 g/mol. The Kier molecular flexibility index (Phi) is 4.47. The predicted octanol–water partition coefficient (Wildman–Crippen LogP) is 3.25. The SMILES string of the molecule is O=S(=O)(OCc1ccc(-c2cccc(F)c2)cn1)C(F)(F)F. The molecular formula is C13H9F4NO3S. The van der Waals surface area contributed by atoms with Crippen LogP contribution in [0.25, 0.3) is 11.1 Å². The molecule has 0 bridgehead atoms. The molecule has 0 atom stereocenters. The van der Waals surface area contributed by atoms with E-state index in [2.05, 4.69) is 9.17 Å². The van der Waals surface area contributed by atoms with Gasteiger partial charge in [0.25, 0.3) is 0 Å². The summed E-state index contributed by atoms with van der Waals surface area (Å²) in [6.45, 7) is -0.842. The van der Waals surface area contributed by atoms with Crippen LogP contribution in [0.15, 0.2) is 42.6 Å². The zero-order valence-electron chi connectivity index (χ0n) is 10.8. The maximum Gasteiger partial charge on any atom is 0.523 e. The van der Waals surface area contributed by atoms with Crippen LogP contribution in [0, 0.1) is 5.82 Å². The number of rotatable bonds is 4. The first kappa shape index (κ1) is 16.4. The smallest absolute Gasteiger partial charge is 0.258 e. The molecule has 22 heavy (non-hydrogen) atoms. The van der Waals surface area contributed by atoms with Gasteiger partial charge in [-0.15, -0.1) is 0 Å². The lowest BCUT2D eigenvalue weighted by Gasteiger charge is -2.08. The Hall–Kier alpha value is -2.00. The number of hydrogen-bond acceptors (Lipinski definition) is 4. The average molecular weight is 335 g/mol. The molecule has 0 unspecified atom stereocenters. The number of aromatic nitrogens is 1. The summed E-state index contributed by atoms with van der Waals surface area (Å²) in [6, 6.07) is 8.43. The number of pyridine rings is 1. The summed E-state index contributed by atoms with van der Waals surface area (Å²) < 4.78 is 74.7. The first-order chi connectivity index (χ1) is 10.2. The van der Waals surface area contributed by atoms with Crippen LogP contribution >= 0.6 is 0 Å². The molecule has 0 radical (unpaired) electrons. The maximum absolute atomic E-state index is 13.1. The second-order valence-electron chi connectivity index (χ2n) is 4.21. The molecule has 0 aliphatic heterocycles. The zero-order valence-corrected chi connectivity index (χ0v) is 11.7. The van der Waals surface area contributed by atoms with Gasteiger partial charge in [0, 0.05) is 11.8 Å². The van der Waals surface area contributed by atoms with Gasteiger partial charge >= 0.3 is 15.6 Å². The Labute approximate surface area is 123 Å². The summed E-state index contributed by atoms with van der Waals surface area (Å²) in [5, 5.41) is 0. The van der Waals surface area contributed by atoms with E-state index in [1.807, 2.05) is 0 Å². The van der Waals surface area contributed by atoms with Crippen LogP contribution in [0.5, 0.6) is 0 Å². The van der Waals surface area contributed by atoms with Crippen LogP contribution < -0.4 is 0 Å². The van der Waals surface area contributed by atoms with Gasteiger partial charge in [-0.05, 0) is 23.8 Å². The third-order valence-corrected chi connectivity index (χ3v) is 3.62. The lowest BCUT2D eigenvalue weighted by Crippen LogP contribution is -2.25. The average Bonchev–Trinajstić information content (AvgIpc) is 2.44. The van der Waals surface area contributed by atoms with Crippen molar-refractivity contribution in [3.63, 3.8) is 0 Å². The van der Waals surface area contributed by atoms with Crippen LogP contribution in [0.2, 0.25) is 0 Å². The highest BCUT2D eigenvalue weighted by Gasteiger charge is 2.47. The fourth-order valence-corrected chi connectivity index (χ4v) is 1.96. The van der Waals surface area contributed by atoms with Crippen molar-refractivity contribution < 1.29 is 30.2 Å². The van der Waals surface area contributed by atoms with Crippen molar-refractivity contribution in [1.82, 2.24) is 4.98 Å². The van der Waals surface area contributed by atoms with Gasteiger partial charge in [-0.3, -0.25) is 9.17 Å². The van der Waals surface area contributed by atoms with Gasteiger partial charge in [0.05, 0.1) is 5.69 Å². The predicted molar refractivity (Wildman–Crippen MR) is 69.4 cm³/mol. The Morgan fingerprint density at radius 1 is 1.09 bits per heavy atom. The fraction of sp³-hybridized carbons (Fsp3) is 0.154. The van der Waals surface area contributed by atoms with Gasteiger partial charge in [-0.1, -0.05) is 18.2 Å². The van der Waals surface area contributed by atoms with Crippen LogP contribution in [-0.2, 0) is 20.9 Å². The number of hydrogen-bond donors (Lipinski definition) is 0. The Balaban J connectivity index is 2.10. The maximum atomic E-state index is 13.1. The first-order valence-electron chi connectivity index (χ1n) is 5.85. The van der Waals surface area contributed by atoms with Crippen molar-refractivity contribution >= 4 is 10.1 Å². The Morgan fingerprint density at radius 3 is 2.36 bits per heavy atom. The lowest BCUT2D eigenvalue weighted by molar-refractivity contribution is -0.0548. The van der Waals surface area contributed by atoms with Crippen molar-refractivity contribution in [3.8, 4) is 11.1 Å². The lowest BCUT2D eigenvalue weighted by atomic mass is 10.1. The quantitative estimate of drug-likeness (QED) is 0.489. The second-order valence-corrected chi connectivity index (χ2v) is 5.82. The van der Waals surface area contributed by atoms with Crippen molar-refractivity contribution in [2.45, 2.75) is 12.1 Å². The van der Waals surface area contributed by atoms with Crippen molar-refractivity contribution in [2.75, 3.05) is 0 Å². The van der Waals surface area contributed by atoms with Gasteiger partial charge in [-0.25, -0.2) is 4.39 Å². The summed E-state index contributed by atoms with van der Waals surface area (Å²) in [6.07, 6.45) is 1.29. The molecule has 0 amide bonds. The van der Waals surface area contributed by atoms with E-state index in [0.29, 0.717) is 11.1 Å². The minimum atomic E-state index is -5.65. The number of benzene rings is 1. The molecule has 4 nitrogen and oxygen atoms in total. The molecule has 0 saturated heterocycles. The normalized spacial score (nSPS) is 12.4. The van der Waals surface area contributed by atoms with Crippen LogP contribution in [0.1, 0.15) is 5.69 Å². The van der Waals surface area contributed by atoms with E-state index in [-0.39, 0.29) is 5.69 Å². The Morgan fingerprint density at radius 2 is 1.82 bits per heavy atom. The standard InChI is InChI=1S/C13H9F4NO3S/c14-11-3-1-2-9(6-11)10-4-5-12(18-7-10)8-21-22(19,20)13(15,16)17/h1-7H,8H2. The fourth-order valence-electron chi connectivity index (χ4n) is 1.55. The minimum absolute atomic E-state index is 0.00650. The summed E-state index contributed by atoms with van der Waals surface area (Å²) in [4.78, 5) is 3.79. The van der Waals surface area contributed by atoms with E-state index in [4.69, 9.17) is 0 Å². The molecule has 1 aromatic heterocycles. The van der Waals surface area contributed by atoms with E-state index in [1.54, 1.807) is 6.07 Å². The van der Waals surface area contributed by atoms with Gasteiger partial charge in [0.15, 0.2) is 0 Å². The van der Waals surface area contributed by atoms with E-state index in [0.717, 1.165) is 0 Å². The number of alkyl halides is 3. The molecule has 2 aromatic rings. The summed E-state index contributed by atoms with van der Waals surface area (Å²) in [5.74, 6) is -0.443. The molecule has 0 fully saturated rings. The van der Waals surface area contributed by atoms with Crippen LogP contribution in [0.3, 0.4) is 0 Å². The largest absolute Gasteiger partial charge is 0.523 e. The van der Waals surface area contributed by atoms with Gasteiger partial charge in [0.1, 0.15) is 12.4 Å². The molecule has 118 valence electrons. The van der Waals surface area contributed by atoms with Crippen molar-refractivity contribution in [1.29, 1.82) is 0 Å². The molecule has 0 saturated carbocycles. The minimum Gasteiger partial charge on any atom is -0.258 e. The highest BCUT2D eigenvalue weighted by Crippen LogP contribution is 2.25. The van der Waals surface area contributed by atoms with Crippen molar-refractivity contribution in [3.05, 3.63) is 54.1 Å². The molecule has 1 aromatic carbocycles. The summed E-state index contributed by atoms with van der Waals surface area (Å²) >= 11 is 0. The van der Waals surface area contributed by atoms with Crippen LogP contribution in [0.4, 0.5) is 17.6 Å². The third-order valence-electron chi connectivity index (χ3n) is 2.63. The number of nitrogens with zero attached hydrogens (tertiary/aromatic N) is 1. The molecular weight excluding hydrogens is 326 g/mol. The van der Waals surface area contributed by atoms with E-state index >= 15 is 0 Å². The van der Waals surface area contributed by atoms with E-state index in [1.165, 1.54) is 36.5 Å². The second kappa shape index (κ2) is 6.01. The van der Waals surface area contributed by atoms with Gasteiger partial charge < -0.3 is 0 Å². The molecule has 1 heterocycles. The highest BCUT2D eigenvalue weighted by molar-refractivity contribution is 7.87. The van der Waals surface area contributed by atoms with Gasteiger partial charge in [0.2, 0.25) is 0 Å². The first-order valence-corrected chi connectivity index (χ1v) is 7.26. The molecule has 0 aliphatic carbocycles. The van der Waals surface area contributed by atoms with Gasteiger partial charge in [-0.2, -0.15) is 21.6 Å². The van der Waals surface area contributed by atoms with E-state index < -0.39 is 28.1 Å². The third kappa shape index (κ3) is 3.80. The van der Waals surface area contributed by atoms with Crippen molar-refractivity contribution in [2.24, 2.45) is 0 Å². The molecule has 0 aliphatic rings. The Bertz CT molecular complexity index is 758. The van der Waals surface area contributed by atoms with E-state index in [9.17, 15) is 26.0 Å². The van der Waals surface area contributed by atoms with Crippen LogP contribution in [-0.4, -0.2) is 18.9 Å². The topological polar surface area (TPSA) is 56.3 Å². The molecule has 0 spiro atoms. The summed E-state index contributed by atoms with van der Waals surface area (Å²) in [7, 11) is -5.65. The molecule has 9 heteroatoms.